The van der Waals surface area contributed by atoms with Gasteiger partial charge in [0.05, 0.1) is 10.5 Å². The van der Waals surface area contributed by atoms with Gasteiger partial charge in [-0.2, -0.15) is 4.31 Å². The van der Waals surface area contributed by atoms with Crippen LogP contribution in [0.3, 0.4) is 0 Å². The summed E-state index contributed by atoms with van der Waals surface area (Å²) in [6.07, 6.45) is -1.01. The van der Waals surface area contributed by atoms with Gasteiger partial charge in [-0.1, -0.05) is 32.0 Å². The van der Waals surface area contributed by atoms with Gasteiger partial charge in [-0.05, 0) is 49.7 Å². The molecule has 2 rings (SSSR count). The molecule has 1 unspecified atom stereocenters. The molecule has 8 heteroatoms. The Morgan fingerprint density at radius 2 is 1.62 bits per heavy atom. The Balaban J connectivity index is 2.05. The molecule has 0 aliphatic heterocycles. The van der Waals surface area contributed by atoms with Crippen LogP contribution in [0.15, 0.2) is 53.4 Å². The molecule has 2 aromatic carbocycles. The molecule has 1 atom stereocenters. The normalized spacial score (nSPS) is 12.4. The quantitative estimate of drug-likeness (QED) is 0.665. The Kier molecular flexibility index (Phi) is 7.53. The second-order valence-corrected chi connectivity index (χ2v) is 8.40. The topological polar surface area (TPSA) is 92.8 Å². The zero-order valence-corrected chi connectivity index (χ0v) is 17.8. The van der Waals surface area contributed by atoms with Crippen molar-refractivity contribution in [3.8, 4) is 0 Å². The predicted molar refractivity (Wildman–Crippen MR) is 111 cm³/mol. The Bertz CT molecular complexity index is 967. The van der Waals surface area contributed by atoms with Gasteiger partial charge in [0.15, 0.2) is 6.10 Å². The molecule has 156 valence electrons. The fraction of sp³-hybridized carbons (Fsp3) is 0.333. The second-order valence-electron chi connectivity index (χ2n) is 6.47. The molecular formula is C21H26N2O5S. The van der Waals surface area contributed by atoms with E-state index in [9.17, 15) is 18.0 Å². The maximum atomic E-state index is 12.5. The molecule has 29 heavy (non-hydrogen) atoms. The number of amides is 1. The van der Waals surface area contributed by atoms with Crippen LogP contribution in [0.5, 0.6) is 0 Å². The standard InChI is InChI=1S/C21H26N2O5S/c1-5-23(6-2)29(26,27)18-13-11-17(12-14-18)21(25)28-16(4)20(24)22-19-10-8-7-9-15(19)3/h7-14,16H,5-6H2,1-4H3,(H,22,24). The van der Waals surface area contributed by atoms with Crippen LogP contribution in [-0.4, -0.2) is 43.8 Å². The Labute approximate surface area is 171 Å². The van der Waals surface area contributed by atoms with E-state index in [0.717, 1.165) is 5.56 Å². The molecule has 0 bridgehead atoms. The third-order valence-corrected chi connectivity index (χ3v) is 6.55. The van der Waals surface area contributed by atoms with Crippen molar-refractivity contribution in [3.05, 3.63) is 59.7 Å². The van der Waals surface area contributed by atoms with Gasteiger partial charge in [-0.25, -0.2) is 13.2 Å². The highest BCUT2D eigenvalue weighted by molar-refractivity contribution is 7.89. The van der Waals surface area contributed by atoms with E-state index in [0.29, 0.717) is 18.8 Å². The maximum Gasteiger partial charge on any atom is 0.338 e. The lowest BCUT2D eigenvalue weighted by atomic mass is 10.2. The number of benzene rings is 2. The summed E-state index contributed by atoms with van der Waals surface area (Å²) in [7, 11) is -3.60. The van der Waals surface area contributed by atoms with Crippen LogP contribution in [0, 0.1) is 6.92 Å². The fourth-order valence-corrected chi connectivity index (χ4v) is 4.16. The highest BCUT2D eigenvalue weighted by Crippen LogP contribution is 2.18. The Hall–Kier alpha value is -2.71. The van der Waals surface area contributed by atoms with Gasteiger partial charge in [-0.3, -0.25) is 4.79 Å². The van der Waals surface area contributed by atoms with E-state index in [1.807, 2.05) is 19.1 Å². The SMILES string of the molecule is CCN(CC)S(=O)(=O)c1ccc(C(=O)OC(C)C(=O)Nc2ccccc2C)cc1. The summed E-state index contributed by atoms with van der Waals surface area (Å²) in [4.78, 5) is 24.7. The number of esters is 1. The van der Waals surface area contributed by atoms with Gasteiger partial charge >= 0.3 is 5.97 Å². The lowest BCUT2D eigenvalue weighted by Gasteiger charge is -2.18. The molecule has 0 fully saturated rings. The predicted octanol–water partition coefficient (Wildman–Crippen LogP) is 3.21. The molecule has 0 saturated heterocycles. The number of aryl methyl sites for hydroxylation is 1. The van der Waals surface area contributed by atoms with E-state index in [2.05, 4.69) is 5.32 Å². The zero-order valence-electron chi connectivity index (χ0n) is 17.0. The molecule has 1 N–H and O–H groups in total. The number of sulfonamides is 1. The van der Waals surface area contributed by atoms with Crippen LogP contribution in [0.25, 0.3) is 0 Å². The number of hydrogen-bond donors (Lipinski definition) is 1. The second kappa shape index (κ2) is 9.67. The summed E-state index contributed by atoms with van der Waals surface area (Å²) in [5.74, 6) is -1.15. The van der Waals surface area contributed by atoms with Crippen LogP contribution in [-0.2, 0) is 19.6 Å². The van der Waals surface area contributed by atoms with E-state index in [4.69, 9.17) is 4.74 Å². The number of para-hydroxylation sites is 1. The average Bonchev–Trinajstić information content (AvgIpc) is 2.70. The molecule has 0 aromatic heterocycles. The van der Waals surface area contributed by atoms with Crippen molar-refractivity contribution >= 4 is 27.6 Å². The molecule has 0 aliphatic carbocycles. The van der Waals surface area contributed by atoms with Crippen molar-refractivity contribution in [2.75, 3.05) is 18.4 Å². The van der Waals surface area contributed by atoms with E-state index in [1.54, 1.807) is 26.0 Å². The molecule has 2 aromatic rings. The average molecular weight is 419 g/mol. The number of rotatable bonds is 8. The molecule has 0 spiro atoms. The third-order valence-electron chi connectivity index (χ3n) is 4.49. The van der Waals surface area contributed by atoms with Crippen molar-refractivity contribution in [2.24, 2.45) is 0 Å². The maximum absolute atomic E-state index is 12.5. The highest BCUT2D eigenvalue weighted by Gasteiger charge is 2.23. The molecule has 0 heterocycles. The zero-order chi connectivity index (χ0) is 21.6. The van der Waals surface area contributed by atoms with Crippen molar-refractivity contribution in [3.63, 3.8) is 0 Å². The molecule has 7 nitrogen and oxygen atoms in total. The minimum Gasteiger partial charge on any atom is -0.449 e. The molecule has 0 aliphatic rings. The van der Waals surface area contributed by atoms with Gasteiger partial charge in [0.2, 0.25) is 10.0 Å². The van der Waals surface area contributed by atoms with E-state index in [-0.39, 0.29) is 10.5 Å². The van der Waals surface area contributed by atoms with Gasteiger partial charge < -0.3 is 10.1 Å². The summed E-state index contributed by atoms with van der Waals surface area (Å²) >= 11 is 0. The number of nitrogens with zero attached hydrogens (tertiary/aromatic N) is 1. The van der Waals surface area contributed by atoms with Crippen molar-refractivity contribution in [1.29, 1.82) is 0 Å². The summed E-state index contributed by atoms with van der Waals surface area (Å²) < 4.78 is 31.5. The summed E-state index contributed by atoms with van der Waals surface area (Å²) in [6, 6.07) is 12.8. The van der Waals surface area contributed by atoms with Crippen LogP contribution in [0.4, 0.5) is 5.69 Å². The largest absolute Gasteiger partial charge is 0.449 e. The van der Waals surface area contributed by atoms with Gasteiger partial charge in [0, 0.05) is 18.8 Å². The van der Waals surface area contributed by atoms with E-state index in [1.165, 1.54) is 35.5 Å². The van der Waals surface area contributed by atoms with Gasteiger partial charge in [0.1, 0.15) is 0 Å². The number of nitrogens with one attached hydrogen (secondary N) is 1. The number of anilines is 1. The molecular weight excluding hydrogens is 392 g/mol. The van der Waals surface area contributed by atoms with Crippen molar-refractivity contribution < 1.29 is 22.7 Å². The van der Waals surface area contributed by atoms with Crippen LogP contribution in [0.2, 0.25) is 0 Å². The van der Waals surface area contributed by atoms with Gasteiger partial charge in [-0.15, -0.1) is 0 Å². The minimum absolute atomic E-state index is 0.100. The lowest BCUT2D eigenvalue weighted by molar-refractivity contribution is -0.123. The summed E-state index contributed by atoms with van der Waals surface area (Å²) in [5.41, 5.74) is 1.70. The fourth-order valence-electron chi connectivity index (χ4n) is 2.71. The lowest BCUT2D eigenvalue weighted by Crippen LogP contribution is -2.31. The number of hydrogen-bond acceptors (Lipinski definition) is 5. The summed E-state index contributed by atoms with van der Waals surface area (Å²) in [6.45, 7) is 7.57. The smallest absolute Gasteiger partial charge is 0.338 e. The molecule has 1 amide bonds. The van der Waals surface area contributed by atoms with Crippen LogP contribution >= 0.6 is 0 Å². The first-order valence-corrected chi connectivity index (χ1v) is 10.8. The van der Waals surface area contributed by atoms with Crippen molar-refractivity contribution in [1.82, 2.24) is 4.31 Å². The van der Waals surface area contributed by atoms with Crippen molar-refractivity contribution in [2.45, 2.75) is 38.7 Å². The van der Waals surface area contributed by atoms with E-state index >= 15 is 0 Å². The minimum atomic E-state index is -3.60. The van der Waals surface area contributed by atoms with Crippen LogP contribution < -0.4 is 5.32 Å². The number of carbonyl (C=O) groups is 2. The molecule has 0 saturated carbocycles. The first kappa shape index (κ1) is 22.6. The Morgan fingerprint density at radius 3 is 2.17 bits per heavy atom. The van der Waals surface area contributed by atoms with Crippen LogP contribution in [0.1, 0.15) is 36.7 Å². The molecule has 0 radical (unpaired) electrons. The Morgan fingerprint density at radius 1 is 1.03 bits per heavy atom. The highest BCUT2D eigenvalue weighted by atomic mass is 32.2. The monoisotopic (exact) mass is 418 g/mol. The first-order chi connectivity index (χ1) is 13.7. The van der Waals surface area contributed by atoms with E-state index < -0.39 is 28.0 Å². The summed E-state index contributed by atoms with van der Waals surface area (Å²) in [5, 5.41) is 2.72. The number of carbonyl (C=O) groups excluding carboxylic acids is 2. The third kappa shape index (κ3) is 5.42. The number of ether oxygens (including phenoxy) is 1. The first-order valence-electron chi connectivity index (χ1n) is 9.38. The van der Waals surface area contributed by atoms with Gasteiger partial charge in [0.25, 0.3) is 5.91 Å².